The first-order chi connectivity index (χ1) is 9.25. The lowest BCUT2D eigenvalue weighted by atomic mass is 10.3. The third-order valence-electron chi connectivity index (χ3n) is 2.58. The molecular formula is C12H15N5O2. The Kier molecular flexibility index (Phi) is 4.44. The number of hydrogen-bond donors (Lipinski definition) is 2. The van der Waals surface area contributed by atoms with Crippen molar-refractivity contribution < 1.29 is 9.90 Å². The standard InChI is InChI=1S/C12H15N5O2/c18-12(19)10-7-16-11(8-15-10)14-3-1-2-5-17-6-4-13-9-17/h4,6-9H,1-3,5H2,(H,14,16)(H,18,19). The minimum Gasteiger partial charge on any atom is -0.476 e. The van der Waals surface area contributed by atoms with E-state index in [2.05, 4.69) is 20.3 Å². The zero-order valence-corrected chi connectivity index (χ0v) is 10.4. The number of unbranched alkanes of at least 4 members (excludes halogenated alkanes) is 1. The fourth-order valence-corrected chi connectivity index (χ4v) is 1.58. The van der Waals surface area contributed by atoms with Crippen LogP contribution in [-0.4, -0.2) is 37.1 Å². The van der Waals surface area contributed by atoms with Crippen molar-refractivity contribution in [1.82, 2.24) is 19.5 Å². The number of anilines is 1. The van der Waals surface area contributed by atoms with E-state index in [1.807, 2.05) is 10.8 Å². The highest BCUT2D eigenvalue weighted by Gasteiger charge is 2.04. The van der Waals surface area contributed by atoms with Crippen LogP contribution >= 0.6 is 0 Å². The van der Waals surface area contributed by atoms with Crippen LogP contribution in [0.2, 0.25) is 0 Å². The highest BCUT2D eigenvalue weighted by Crippen LogP contribution is 2.02. The molecule has 7 heteroatoms. The number of carboxylic acids is 1. The molecule has 2 aromatic heterocycles. The molecule has 0 saturated heterocycles. The number of aromatic carboxylic acids is 1. The summed E-state index contributed by atoms with van der Waals surface area (Å²) in [5, 5.41) is 11.8. The molecule has 0 aliphatic rings. The zero-order chi connectivity index (χ0) is 13.5. The van der Waals surface area contributed by atoms with Crippen LogP contribution in [-0.2, 0) is 6.54 Å². The monoisotopic (exact) mass is 261 g/mol. The van der Waals surface area contributed by atoms with Crippen LogP contribution in [0.1, 0.15) is 23.3 Å². The average Bonchev–Trinajstić information content (AvgIpc) is 2.92. The van der Waals surface area contributed by atoms with Gasteiger partial charge in [-0.3, -0.25) is 0 Å². The van der Waals surface area contributed by atoms with Crippen LogP contribution in [0, 0.1) is 0 Å². The van der Waals surface area contributed by atoms with Gasteiger partial charge in [0.1, 0.15) is 5.82 Å². The number of aromatic nitrogens is 4. The summed E-state index contributed by atoms with van der Waals surface area (Å²) in [6, 6.07) is 0. The lowest BCUT2D eigenvalue weighted by Gasteiger charge is -2.05. The number of carboxylic acid groups (broad SMARTS) is 1. The lowest BCUT2D eigenvalue weighted by molar-refractivity contribution is 0.0690. The molecule has 0 spiro atoms. The number of nitrogens with one attached hydrogen (secondary N) is 1. The first kappa shape index (κ1) is 13.0. The lowest BCUT2D eigenvalue weighted by Crippen LogP contribution is -2.07. The molecule has 0 amide bonds. The highest BCUT2D eigenvalue weighted by molar-refractivity contribution is 5.84. The van der Waals surface area contributed by atoms with Gasteiger partial charge in [-0.1, -0.05) is 0 Å². The molecule has 2 aromatic rings. The Balaban J connectivity index is 1.66. The van der Waals surface area contributed by atoms with Crippen LogP contribution in [0.15, 0.2) is 31.1 Å². The van der Waals surface area contributed by atoms with E-state index in [4.69, 9.17) is 5.11 Å². The number of aryl methyl sites for hydroxylation is 1. The average molecular weight is 261 g/mol. The maximum Gasteiger partial charge on any atom is 0.356 e. The molecule has 0 fully saturated rings. The summed E-state index contributed by atoms with van der Waals surface area (Å²) in [7, 11) is 0. The quantitative estimate of drug-likeness (QED) is 0.729. The van der Waals surface area contributed by atoms with Gasteiger partial charge in [0.15, 0.2) is 5.69 Å². The second-order valence-corrected chi connectivity index (χ2v) is 4.03. The Morgan fingerprint density at radius 1 is 1.32 bits per heavy atom. The molecule has 7 nitrogen and oxygen atoms in total. The Morgan fingerprint density at radius 3 is 2.84 bits per heavy atom. The summed E-state index contributed by atoms with van der Waals surface area (Å²) in [5.74, 6) is -0.480. The number of hydrogen-bond acceptors (Lipinski definition) is 5. The van der Waals surface area contributed by atoms with Gasteiger partial charge in [0.05, 0.1) is 18.7 Å². The maximum atomic E-state index is 10.6. The van der Waals surface area contributed by atoms with Gasteiger partial charge in [-0.25, -0.2) is 19.7 Å². The highest BCUT2D eigenvalue weighted by atomic mass is 16.4. The van der Waals surface area contributed by atoms with Gasteiger partial charge < -0.3 is 15.0 Å². The van der Waals surface area contributed by atoms with E-state index in [0.29, 0.717) is 5.82 Å². The van der Waals surface area contributed by atoms with E-state index < -0.39 is 5.97 Å². The minimum absolute atomic E-state index is 0.0503. The third kappa shape index (κ3) is 4.06. The largest absolute Gasteiger partial charge is 0.476 e. The van der Waals surface area contributed by atoms with Crippen molar-refractivity contribution in [1.29, 1.82) is 0 Å². The molecule has 2 heterocycles. The van der Waals surface area contributed by atoms with Gasteiger partial charge in [-0.15, -0.1) is 0 Å². The van der Waals surface area contributed by atoms with Crippen molar-refractivity contribution in [3.05, 3.63) is 36.8 Å². The van der Waals surface area contributed by atoms with E-state index in [9.17, 15) is 4.79 Å². The smallest absolute Gasteiger partial charge is 0.356 e. The van der Waals surface area contributed by atoms with E-state index in [0.717, 1.165) is 25.9 Å². The zero-order valence-electron chi connectivity index (χ0n) is 10.4. The molecule has 0 bridgehead atoms. The molecular weight excluding hydrogens is 246 g/mol. The van der Waals surface area contributed by atoms with E-state index in [1.54, 1.807) is 12.5 Å². The van der Waals surface area contributed by atoms with Crippen LogP contribution < -0.4 is 5.32 Å². The van der Waals surface area contributed by atoms with Crippen molar-refractivity contribution in [2.24, 2.45) is 0 Å². The summed E-state index contributed by atoms with van der Waals surface area (Å²) in [5.41, 5.74) is -0.0503. The Hall–Kier alpha value is -2.44. The van der Waals surface area contributed by atoms with Gasteiger partial charge in [-0.05, 0) is 12.8 Å². The minimum atomic E-state index is -1.07. The van der Waals surface area contributed by atoms with Crippen molar-refractivity contribution >= 4 is 11.8 Å². The summed E-state index contributed by atoms with van der Waals surface area (Å²) < 4.78 is 2.03. The maximum absolute atomic E-state index is 10.6. The summed E-state index contributed by atoms with van der Waals surface area (Å²) in [6.45, 7) is 1.71. The van der Waals surface area contributed by atoms with Gasteiger partial charge in [-0.2, -0.15) is 0 Å². The first-order valence-electron chi connectivity index (χ1n) is 6.00. The summed E-state index contributed by atoms with van der Waals surface area (Å²) in [4.78, 5) is 22.3. The van der Waals surface area contributed by atoms with E-state index >= 15 is 0 Å². The van der Waals surface area contributed by atoms with Crippen LogP contribution in [0.3, 0.4) is 0 Å². The molecule has 0 atom stereocenters. The van der Waals surface area contributed by atoms with E-state index in [-0.39, 0.29) is 5.69 Å². The molecule has 0 radical (unpaired) electrons. The van der Waals surface area contributed by atoms with Crippen LogP contribution in [0.25, 0.3) is 0 Å². The summed E-state index contributed by atoms with van der Waals surface area (Å²) >= 11 is 0. The van der Waals surface area contributed by atoms with Crippen LogP contribution in [0.5, 0.6) is 0 Å². The number of nitrogens with zero attached hydrogens (tertiary/aromatic N) is 4. The van der Waals surface area contributed by atoms with Crippen molar-refractivity contribution in [2.45, 2.75) is 19.4 Å². The second kappa shape index (κ2) is 6.48. The normalized spacial score (nSPS) is 10.3. The fourth-order valence-electron chi connectivity index (χ4n) is 1.58. The molecule has 0 aliphatic heterocycles. The molecule has 19 heavy (non-hydrogen) atoms. The topological polar surface area (TPSA) is 92.9 Å². The molecule has 2 N–H and O–H groups in total. The SMILES string of the molecule is O=C(O)c1cnc(NCCCCn2ccnc2)cn1. The predicted molar refractivity (Wildman–Crippen MR) is 68.9 cm³/mol. The molecule has 0 saturated carbocycles. The van der Waals surface area contributed by atoms with Gasteiger partial charge in [0, 0.05) is 25.5 Å². The molecule has 0 aromatic carbocycles. The molecule has 0 unspecified atom stereocenters. The van der Waals surface area contributed by atoms with Gasteiger partial charge >= 0.3 is 5.97 Å². The number of imidazole rings is 1. The fraction of sp³-hybridized carbons (Fsp3) is 0.333. The molecule has 0 aliphatic carbocycles. The van der Waals surface area contributed by atoms with Crippen molar-refractivity contribution in [3.8, 4) is 0 Å². The summed E-state index contributed by atoms with van der Waals surface area (Å²) in [6.07, 6.45) is 10.2. The van der Waals surface area contributed by atoms with Gasteiger partial charge in [0.25, 0.3) is 0 Å². The molecule has 100 valence electrons. The number of carbonyl (C=O) groups is 1. The van der Waals surface area contributed by atoms with Crippen molar-refractivity contribution in [3.63, 3.8) is 0 Å². The second-order valence-electron chi connectivity index (χ2n) is 4.03. The number of rotatable bonds is 7. The van der Waals surface area contributed by atoms with Crippen molar-refractivity contribution in [2.75, 3.05) is 11.9 Å². The Labute approximate surface area is 110 Å². The van der Waals surface area contributed by atoms with Gasteiger partial charge in [0.2, 0.25) is 0 Å². The van der Waals surface area contributed by atoms with E-state index in [1.165, 1.54) is 12.4 Å². The third-order valence-corrected chi connectivity index (χ3v) is 2.58. The Bertz CT molecular complexity index is 509. The Morgan fingerprint density at radius 2 is 2.21 bits per heavy atom. The predicted octanol–water partition coefficient (Wildman–Crippen LogP) is 1.26. The van der Waals surface area contributed by atoms with Crippen LogP contribution in [0.4, 0.5) is 5.82 Å². The molecule has 2 rings (SSSR count). The first-order valence-corrected chi connectivity index (χ1v) is 6.00.